The van der Waals surface area contributed by atoms with Gasteiger partial charge in [-0.15, -0.1) is 0 Å². The Morgan fingerprint density at radius 2 is 2.29 bits per heavy atom. The van der Waals surface area contributed by atoms with Gasteiger partial charge in [0.2, 0.25) is 0 Å². The van der Waals surface area contributed by atoms with Crippen LogP contribution in [0.1, 0.15) is 44.6 Å². The molecular weight excluding hydrogens is 214 g/mol. The van der Waals surface area contributed by atoms with Crippen molar-refractivity contribution < 1.29 is 9.15 Å². The second kappa shape index (κ2) is 5.23. The zero-order valence-corrected chi connectivity index (χ0v) is 11.1. The Balaban J connectivity index is 2.04. The second-order valence-corrected chi connectivity index (χ2v) is 5.13. The standard InChI is InChI=1S/C14H23NO2/c1-4-8-15-12-7-9-16-14(3,10-12)13-6-5-11(2)17-13/h5-6,12,15H,4,7-10H2,1-3H3. The van der Waals surface area contributed by atoms with Crippen LogP contribution in [0.3, 0.4) is 0 Å². The minimum atomic E-state index is -0.266. The van der Waals surface area contributed by atoms with Crippen LogP contribution in [0, 0.1) is 6.92 Å². The van der Waals surface area contributed by atoms with Gasteiger partial charge in [-0.3, -0.25) is 0 Å². The molecule has 2 atom stereocenters. The molecule has 2 heterocycles. The normalized spacial score (nSPS) is 29.5. The van der Waals surface area contributed by atoms with Crippen LogP contribution >= 0.6 is 0 Å². The number of furan rings is 1. The maximum atomic E-state index is 5.94. The minimum Gasteiger partial charge on any atom is -0.463 e. The molecule has 0 bridgehead atoms. The van der Waals surface area contributed by atoms with E-state index in [4.69, 9.17) is 9.15 Å². The number of hydrogen-bond donors (Lipinski definition) is 1. The summed E-state index contributed by atoms with van der Waals surface area (Å²) < 4.78 is 11.7. The second-order valence-electron chi connectivity index (χ2n) is 5.13. The predicted molar refractivity (Wildman–Crippen MR) is 68.1 cm³/mol. The summed E-state index contributed by atoms with van der Waals surface area (Å²) in [4.78, 5) is 0. The van der Waals surface area contributed by atoms with E-state index in [2.05, 4.69) is 19.2 Å². The van der Waals surface area contributed by atoms with Gasteiger partial charge >= 0.3 is 0 Å². The van der Waals surface area contributed by atoms with Gasteiger partial charge in [0.25, 0.3) is 0 Å². The summed E-state index contributed by atoms with van der Waals surface area (Å²) in [6.45, 7) is 8.19. The Labute approximate surface area is 104 Å². The molecule has 17 heavy (non-hydrogen) atoms. The molecule has 3 heteroatoms. The molecule has 0 aliphatic carbocycles. The maximum absolute atomic E-state index is 5.94. The molecule has 1 aromatic rings. The molecule has 1 aliphatic heterocycles. The van der Waals surface area contributed by atoms with Crippen LogP contribution < -0.4 is 5.32 Å². The summed E-state index contributed by atoms with van der Waals surface area (Å²) in [7, 11) is 0. The Morgan fingerprint density at radius 3 is 2.94 bits per heavy atom. The van der Waals surface area contributed by atoms with Crippen LogP contribution in [0.2, 0.25) is 0 Å². The highest BCUT2D eigenvalue weighted by atomic mass is 16.5. The first kappa shape index (κ1) is 12.7. The van der Waals surface area contributed by atoms with Crippen LogP contribution in [-0.2, 0) is 10.3 Å². The number of aryl methyl sites for hydroxylation is 1. The molecule has 96 valence electrons. The van der Waals surface area contributed by atoms with Crippen molar-refractivity contribution in [1.29, 1.82) is 0 Å². The predicted octanol–water partition coefficient (Wildman–Crippen LogP) is 2.98. The Hall–Kier alpha value is -0.800. The van der Waals surface area contributed by atoms with E-state index < -0.39 is 0 Å². The summed E-state index contributed by atoms with van der Waals surface area (Å²) >= 11 is 0. The number of nitrogens with one attached hydrogen (secondary N) is 1. The highest BCUT2D eigenvalue weighted by Gasteiger charge is 2.37. The van der Waals surface area contributed by atoms with Crippen LogP contribution in [-0.4, -0.2) is 19.2 Å². The van der Waals surface area contributed by atoms with E-state index in [1.165, 1.54) is 6.42 Å². The first-order valence-electron chi connectivity index (χ1n) is 6.58. The molecule has 1 aromatic heterocycles. The topological polar surface area (TPSA) is 34.4 Å². The summed E-state index contributed by atoms with van der Waals surface area (Å²) in [6.07, 6.45) is 3.25. The molecule has 2 rings (SSSR count). The lowest BCUT2D eigenvalue weighted by Gasteiger charge is -2.37. The van der Waals surface area contributed by atoms with Crippen molar-refractivity contribution in [2.75, 3.05) is 13.2 Å². The molecule has 2 unspecified atom stereocenters. The Kier molecular flexibility index (Phi) is 3.89. The van der Waals surface area contributed by atoms with E-state index in [1.807, 2.05) is 19.1 Å². The van der Waals surface area contributed by atoms with E-state index in [0.29, 0.717) is 6.04 Å². The van der Waals surface area contributed by atoms with Crippen molar-refractivity contribution in [3.05, 3.63) is 23.7 Å². The highest BCUT2D eigenvalue weighted by Crippen LogP contribution is 2.35. The van der Waals surface area contributed by atoms with Gasteiger partial charge in [-0.2, -0.15) is 0 Å². The number of ether oxygens (including phenoxy) is 1. The lowest BCUT2D eigenvalue weighted by molar-refractivity contribution is -0.0938. The molecule has 0 saturated carbocycles. The third-order valence-corrected chi connectivity index (χ3v) is 3.47. The van der Waals surface area contributed by atoms with Gasteiger partial charge in [0, 0.05) is 12.6 Å². The smallest absolute Gasteiger partial charge is 0.135 e. The summed E-state index contributed by atoms with van der Waals surface area (Å²) in [6, 6.07) is 4.59. The van der Waals surface area contributed by atoms with Crippen LogP contribution in [0.5, 0.6) is 0 Å². The zero-order chi connectivity index (χ0) is 12.3. The van der Waals surface area contributed by atoms with Gasteiger partial charge in [-0.1, -0.05) is 6.92 Å². The fourth-order valence-electron chi connectivity index (χ4n) is 2.47. The van der Waals surface area contributed by atoms with Crippen LogP contribution in [0.15, 0.2) is 16.5 Å². The molecule has 1 N–H and O–H groups in total. The average molecular weight is 237 g/mol. The van der Waals surface area contributed by atoms with Gasteiger partial charge in [-0.25, -0.2) is 0 Å². The zero-order valence-electron chi connectivity index (χ0n) is 11.1. The molecule has 1 saturated heterocycles. The van der Waals surface area contributed by atoms with E-state index in [1.54, 1.807) is 0 Å². The minimum absolute atomic E-state index is 0.266. The molecule has 1 fully saturated rings. The average Bonchev–Trinajstić information content (AvgIpc) is 2.74. The van der Waals surface area contributed by atoms with Crippen molar-refractivity contribution in [2.24, 2.45) is 0 Å². The molecule has 0 aromatic carbocycles. The van der Waals surface area contributed by atoms with E-state index in [0.717, 1.165) is 37.5 Å². The largest absolute Gasteiger partial charge is 0.463 e. The first-order valence-corrected chi connectivity index (χ1v) is 6.58. The third kappa shape index (κ3) is 2.90. The molecule has 3 nitrogen and oxygen atoms in total. The van der Waals surface area contributed by atoms with Crippen molar-refractivity contribution >= 4 is 0 Å². The van der Waals surface area contributed by atoms with Gasteiger partial charge in [0.05, 0.1) is 0 Å². The van der Waals surface area contributed by atoms with Crippen molar-refractivity contribution in [1.82, 2.24) is 5.32 Å². The van der Waals surface area contributed by atoms with Crippen molar-refractivity contribution in [3.8, 4) is 0 Å². The molecule has 1 aliphatic rings. The Bertz CT molecular complexity index is 361. The fourth-order valence-corrected chi connectivity index (χ4v) is 2.47. The molecule has 0 amide bonds. The highest BCUT2D eigenvalue weighted by molar-refractivity contribution is 5.14. The summed E-state index contributed by atoms with van der Waals surface area (Å²) in [5.74, 6) is 1.91. The van der Waals surface area contributed by atoms with Crippen molar-refractivity contribution in [2.45, 2.75) is 51.7 Å². The first-order chi connectivity index (χ1) is 8.14. The lowest BCUT2D eigenvalue weighted by atomic mass is 9.90. The number of rotatable bonds is 4. The summed E-state index contributed by atoms with van der Waals surface area (Å²) in [5, 5.41) is 3.58. The van der Waals surface area contributed by atoms with Gasteiger partial charge in [0.15, 0.2) is 0 Å². The maximum Gasteiger partial charge on any atom is 0.135 e. The lowest BCUT2D eigenvalue weighted by Crippen LogP contribution is -2.43. The third-order valence-electron chi connectivity index (χ3n) is 3.47. The van der Waals surface area contributed by atoms with Gasteiger partial charge in [-0.05, 0) is 51.8 Å². The van der Waals surface area contributed by atoms with Crippen LogP contribution in [0.25, 0.3) is 0 Å². The van der Waals surface area contributed by atoms with Crippen molar-refractivity contribution in [3.63, 3.8) is 0 Å². The number of hydrogen-bond acceptors (Lipinski definition) is 3. The quantitative estimate of drug-likeness (QED) is 0.874. The molecular formula is C14H23NO2. The van der Waals surface area contributed by atoms with E-state index in [9.17, 15) is 0 Å². The summed E-state index contributed by atoms with van der Waals surface area (Å²) in [5.41, 5.74) is -0.266. The Morgan fingerprint density at radius 1 is 1.47 bits per heavy atom. The molecule has 0 radical (unpaired) electrons. The van der Waals surface area contributed by atoms with Crippen LogP contribution in [0.4, 0.5) is 0 Å². The molecule has 0 spiro atoms. The monoisotopic (exact) mass is 237 g/mol. The van der Waals surface area contributed by atoms with E-state index in [-0.39, 0.29) is 5.60 Å². The van der Waals surface area contributed by atoms with Gasteiger partial charge in [0.1, 0.15) is 17.1 Å². The van der Waals surface area contributed by atoms with E-state index >= 15 is 0 Å². The SMILES string of the molecule is CCCNC1CCOC(C)(c2ccc(C)o2)C1. The fraction of sp³-hybridized carbons (Fsp3) is 0.714. The van der Waals surface area contributed by atoms with Gasteiger partial charge < -0.3 is 14.5 Å².